The molecule has 2 aliphatic rings. The number of rotatable bonds is 2. The molecule has 3 rings (SSSR count). The number of pyridine rings is 1. The Bertz CT molecular complexity index is 424. The fourth-order valence-corrected chi connectivity index (χ4v) is 2.71. The van der Waals surface area contributed by atoms with E-state index in [1.165, 1.54) is 0 Å². The standard InChI is InChI=1S/C14H19N3O2/c18-14(12-3-9-19-11-12)17-7-5-16(6-8-17)13-2-1-4-15-10-13/h1-2,4,10,12H,3,5-9,11H2/t12-/m1/s1. The van der Waals surface area contributed by atoms with E-state index in [-0.39, 0.29) is 11.8 Å². The molecule has 2 aliphatic heterocycles. The summed E-state index contributed by atoms with van der Waals surface area (Å²) < 4.78 is 5.29. The molecule has 2 fully saturated rings. The van der Waals surface area contributed by atoms with Gasteiger partial charge in [-0.25, -0.2) is 0 Å². The summed E-state index contributed by atoms with van der Waals surface area (Å²) in [5, 5.41) is 0. The predicted octanol–water partition coefficient (Wildman–Crippen LogP) is 0.767. The molecule has 0 unspecified atom stereocenters. The van der Waals surface area contributed by atoms with Crippen molar-refractivity contribution in [1.82, 2.24) is 9.88 Å². The number of hydrogen-bond donors (Lipinski definition) is 0. The minimum atomic E-state index is 0.0879. The topological polar surface area (TPSA) is 45.7 Å². The van der Waals surface area contributed by atoms with Crippen molar-refractivity contribution < 1.29 is 9.53 Å². The molecule has 0 bridgehead atoms. The minimum absolute atomic E-state index is 0.0879. The second kappa shape index (κ2) is 5.57. The first-order valence-electron chi connectivity index (χ1n) is 6.86. The zero-order valence-corrected chi connectivity index (χ0v) is 11.0. The number of nitrogens with zero attached hydrogens (tertiary/aromatic N) is 3. The van der Waals surface area contributed by atoms with Gasteiger partial charge < -0.3 is 14.5 Å². The highest BCUT2D eigenvalue weighted by Gasteiger charge is 2.30. The number of carbonyl (C=O) groups is 1. The third-order valence-corrected chi connectivity index (χ3v) is 3.88. The molecule has 0 saturated carbocycles. The molecule has 1 atom stereocenters. The summed E-state index contributed by atoms with van der Waals surface area (Å²) in [6, 6.07) is 4.01. The zero-order valence-electron chi connectivity index (χ0n) is 11.0. The summed E-state index contributed by atoms with van der Waals surface area (Å²) in [5.74, 6) is 0.355. The Balaban J connectivity index is 1.56. The summed E-state index contributed by atoms with van der Waals surface area (Å²) in [6.07, 6.45) is 4.54. The van der Waals surface area contributed by atoms with Crippen LogP contribution in [0.5, 0.6) is 0 Å². The molecule has 5 heteroatoms. The monoisotopic (exact) mass is 261 g/mol. The molecule has 1 aromatic heterocycles. The molecule has 1 aromatic rings. The highest BCUT2D eigenvalue weighted by molar-refractivity contribution is 5.79. The van der Waals surface area contributed by atoms with Gasteiger partial charge in [0, 0.05) is 39.0 Å². The van der Waals surface area contributed by atoms with E-state index in [1.54, 1.807) is 6.20 Å². The lowest BCUT2D eigenvalue weighted by Gasteiger charge is -2.36. The highest BCUT2D eigenvalue weighted by Crippen LogP contribution is 2.19. The average Bonchev–Trinajstić information content (AvgIpc) is 3.02. The number of carbonyl (C=O) groups excluding carboxylic acids is 1. The summed E-state index contributed by atoms with van der Waals surface area (Å²) >= 11 is 0. The number of amides is 1. The molecule has 0 spiro atoms. The predicted molar refractivity (Wildman–Crippen MR) is 72.0 cm³/mol. The van der Waals surface area contributed by atoms with Gasteiger partial charge >= 0.3 is 0 Å². The number of anilines is 1. The van der Waals surface area contributed by atoms with Crippen LogP contribution >= 0.6 is 0 Å². The van der Waals surface area contributed by atoms with Crippen LogP contribution in [0.15, 0.2) is 24.5 Å². The van der Waals surface area contributed by atoms with Gasteiger partial charge in [-0.2, -0.15) is 0 Å². The Labute approximate surface area is 113 Å². The molecule has 1 amide bonds. The van der Waals surface area contributed by atoms with Crippen LogP contribution in [0.4, 0.5) is 5.69 Å². The maximum absolute atomic E-state index is 12.3. The fourth-order valence-electron chi connectivity index (χ4n) is 2.71. The first kappa shape index (κ1) is 12.4. The van der Waals surface area contributed by atoms with Crippen LogP contribution < -0.4 is 4.90 Å². The van der Waals surface area contributed by atoms with Gasteiger partial charge in [0.05, 0.1) is 24.4 Å². The Hall–Kier alpha value is -1.62. The first-order chi connectivity index (χ1) is 9.34. The van der Waals surface area contributed by atoms with Gasteiger partial charge in [0.1, 0.15) is 0 Å². The highest BCUT2D eigenvalue weighted by atomic mass is 16.5. The van der Waals surface area contributed by atoms with Gasteiger partial charge in [0.15, 0.2) is 0 Å². The van der Waals surface area contributed by atoms with Crippen LogP contribution in [-0.2, 0) is 9.53 Å². The summed E-state index contributed by atoms with van der Waals surface area (Å²) in [6.45, 7) is 4.68. The lowest BCUT2D eigenvalue weighted by atomic mass is 10.1. The van der Waals surface area contributed by atoms with E-state index in [4.69, 9.17) is 4.74 Å². The summed E-state index contributed by atoms with van der Waals surface area (Å²) in [7, 11) is 0. The normalized spacial score (nSPS) is 23.7. The SMILES string of the molecule is O=C([C@@H]1CCOC1)N1CCN(c2cccnc2)CC1. The van der Waals surface area contributed by atoms with Gasteiger partial charge in [0.2, 0.25) is 5.91 Å². The van der Waals surface area contributed by atoms with E-state index in [9.17, 15) is 4.79 Å². The van der Waals surface area contributed by atoms with Crippen molar-refractivity contribution in [1.29, 1.82) is 0 Å². The van der Waals surface area contributed by atoms with Crippen LogP contribution in [0.2, 0.25) is 0 Å². The average molecular weight is 261 g/mol. The van der Waals surface area contributed by atoms with Crippen LogP contribution in [0.25, 0.3) is 0 Å². The minimum Gasteiger partial charge on any atom is -0.381 e. The molecule has 0 aliphatic carbocycles. The van der Waals surface area contributed by atoms with Crippen molar-refractivity contribution in [3.8, 4) is 0 Å². The number of piperazine rings is 1. The number of aromatic nitrogens is 1. The van der Waals surface area contributed by atoms with E-state index < -0.39 is 0 Å². The van der Waals surface area contributed by atoms with Gasteiger partial charge in [-0.1, -0.05) is 0 Å². The van der Waals surface area contributed by atoms with Crippen molar-refractivity contribution in [3.05, 3.63) is 24.5 Å². The van der Waals surface area contributed by atoms with Crippen molar-refractivity contribution in [2.24, 2.45) is 5.92 Å². The molecule has 0 N–H and O–H groups in total. The van der Waals surface area contributed by atoms with E-state index in [0.29, 0.717) is 6.61 Å². The third-order valence-electron chi connectivity index (χ3n) is 3.88. The summed E-state index contributed by atoms with van der Waals surface area (Å²) in [4.78, 5) is 20.7. The first-order valence-corrected chi connectivity index (χ1v) is 6.86. The van der Waals surface area contributed by atoms with Crippen molar-refractivity contribution in [2.45, 2.75) is 6.42 Å². The van der Waals surface area contributed by atoms with Crippen molar-refractivity contribution >= 4 is 11.6 Å². The Morgan fingerprint density at radius 3 is 2.79 bits per heavy atom. The number of hydrogen-bond acceptors (Lipinski definition) is 4. The molecule has 0 aromatic carbocycles. The van der Waals surface area contributed by atoms with Crippen LogP contribution in [0.1, 0.15) is 6.42 Å². The van der Waals surface area contributed by atoms with E-state index in [0.717, 1.165) is 44.9 Å². The number of ether oxygens (including phenoxy) is 1. The molecule has 2 saturated heterocycles. The smallest absolute Gasteiger partial charge is 0.228 e. The van der Waals surface area contributed by atoms with Crippen molar-refractivity contribution in [3.63, 3.8) is 0 Å². The van der Waals surface area contributed by atoms with Crippen molar-refractivity contribution in [2.75, 3.05) is 44.3 Å². The lowest BCUT2D eigenvalue weighted by molar-refractivity contribution is -0.135. The zero-order chi connectivity index (χ0) is 13.1. The van der Waals surface area contributed by atoms with E-state index in [2.05, 4.69) is 16.0 Å². The van der Waals surface area contributed by atoms with Gasteiger partial charge in [-0.05, 0) is 18.6 Å². The molecular weight excluding hydrogens is 242 g/mol. The van der Waals surface area contributed by atoms with Crippen LogP contribution in [0.3, 0.4) is 0 Å². The van der Waals surface area contributed by atoms with Crippen LogP contribution in [0, 0.1) is 5.92 Å². The maximum atomic E-state index is 12.3. The second-order valence-electron chi connectivity index (χ2n) is 5.08. The second-order valence-corrected chi connectivity index (χ2v) is 5.08. The van der Waals surface area contributed by atoms with Gasteiger partial charge in [-0.3, -0.25) is 9.78 Å². The Morgan fingerprint density at radius 2 is 2.16 bits per heavy atom. The van der Waals surface area contributed by atoms with E-state index >= 15 is 0 Å². The Kier molecular flexibility index (Phi) is 3.64. The van der Waals surface area contributed by atoms with E-state index in [1.807, 2.05) is 17.2 Å². The molecule has 19 heavy (non-hydrogen) atoms. The van der Waals surface area contributed by atoms with Crippen LogP contribution in [-0.4, -0.2) is 55.2 Å². The molecule has 5 nitrogen and oxygen atoms in total. The quantitative estimate of drug-likeness (QED) is 0.789. The third kappa shape index (κ3) is 2.71. The van der Waals surface area contributed by atoms with Gasteiger partial charge in [0.25, 0.3) is 0 Å². The fraction of sp³-hybridized carbons (Fsp3) is 0.571. The Morgan fingerprint density at radius 1 is 1.32 bits per heavy atom. The molecular formula is C14H19N3O2. The lowest BCUT2D eigenvalue weighted by Crippen LogP contribution is -2.50. The summed E-state index contributed by atoms with van der Waals surface area (Å²) in [5.41, 5.74) is 1.14. The van der Waals surface area contributed by atoms with Gasteiger partial charge in [-0.15, -0.1) is 0 Å². The molecule has 0 radical (unpaired) electrons. The molecule has 102 valence electrons. The maximum Gasteiger partial charge on any atom is 0.228 e. The largest absolute Gasteiger partial charge is 0.381 e. The molecule has 3 heterocycles.